The van der Waals surface area contributed by atoms with E-state index in [4.69, 9.17) is 5.26 Å². The van der Waals surface area contributed by atoms with Gasteiger partial charge in [0.2, 0.25) is 0 Å². The smallest absolute Gasteiger partial charge is 0.251 e. The molecule has 6 heteroatoms. The van der Waals surface area contributed by atoms with Crippen molar-refractivity contribution >= 4 is 12.6 Å². The van der Waals surface area contributed by atoms with Gasteiger partial charge in [-0.15, -0.1) is 0 Å². The number of hydrogen-bond acceptors (Lipinski definition) is 4. The van der Waals surface area contributed by atoms with Gasteiger partial charge in [-0.2, -0.15) is 5.26 Å². The van der Waals surface area contributed by atoms with Crippen molar-refractivity contribution in [2.45, 2.75) is 52.6 Å². The van der Waals surface area contributed by atoms with Crippen LogP contribution in [0.3, 0.4) is 0 Å². The maximum absolute atomic E-state index is 13.7. The molecule has 142 valence electrons. The first-order valence-electron chi connectivity index (χ1n) is 8.81. The lowest BCUT2D eigenvalue weighted by Crippen LogP contribution is -2.30. The molecule has 0 aliphatic heterocycles. The number of amides is 1. The summed E-state index contributed by atoms with van der Waals surface area (Å²) < 4.78 is 13.7. The average Bonchev–Trinajstić information content (AvgIpc) is 3.35. The maximum atomic E-state index is 13.7. The van der Waals surface area contributed by atoms with E-state index in [2.05, 4.69) is 29.3 Å². The van der Waals surface area contributed by atoms with Crippen molar-refractivity contribution in [1.29, 1.82) is 5.26 Å². The number of benzene rings is 1. The number of aliphatic imine (C=N–C) groups is 1. The van der Waals surface area contributed by atoms with Crippen molar-refractivity contribution in [1.82, 2.24) is 10.6 Å². The van der Waals surface area contributed by atoms with Gasteiger partial charge in [0.1, 0.15) is 17.7 Å². The van der Waals surface area contributed by atoms with Gasteiger partial charge in [-0.05, 0) is 65.0 Å². The summed E-state index contributed by atoms with van der Waals surface area (Å²) in [6, 6.07) is 6.07. The topological polar surface area (TPSA) is 77.3 Å². The van der Waals surface area contributed by atoms with E-state index in [9.17, 15) is 9.18 Å². The summed E-state index contributed by atoms with van der Waals surface area (Å²) >= 11 is 0. The number of carbonyl (C=O) groups is 1. The summed E-state index contributed by atoms with van der Waals surface area (Å²) in [7, 11) is 0. The van der Waals surface area contributed by atoms with Crippen LogP contribution in [0.1, 0.15) is 51.7 Å². The second kappa shape index (κ2) is 8.17. The molecule has 0 heterocycles. The second-order valence-corrected chi connectivity index (χ2v) is 7.30. The first-order chi connectivity index (χ1) is 12.7. The third kappa shape index (κ3) is 5.04. The molecule has 0 bridgehead atoms. The molecule has 0 unspecified atom stereocenters. The normalized spacial score (nSPS) is 15.1. The highest BCUT2D eigenvalue weighted by Crippen LogP contribution is 2.36. The fraction of sp³-hybridized carbons (Fsp3) is 0.381. The zero-order valence-electron chi connectivity index (χ0n) is 16.2. The molecule has 1 saturated carbocycles. The first kappa shape index (κ1) is 20.4. The molecular weight excluding hydrogens is 343 g/mol. The van der Waals surface area contributed by atoms with Gasteiger partial charge in [0.25, 0.3) is 5.91 Å². The predicted octanol–water partition coefficient (Wildman–Crippen LogP) is 3.72. The first-order valence-corrected chi connectivity index (χ1v) is 8.81. The molecule has 0 radical (unpaired) electrons. The van der Waals surface area contributed by atoms with Crippen LogP contribution >= 0.6 is 0 Å². The van der Waals surface area contributed by atoms with Gasteiger partial charge in [-0.1, -0.05) is 11.6 Å². The Hall–Kier alpha value is -2.94. The van der Waals surface area contributed by atoms with Crippen LogP contribution in [-0.4, -0.2) is 18.2 Å². The number of allylic oxidation sites excluding steroid dienone is 1. The van der Waals surface area contributed by atoms with Gasteiger partial charge in [0, 0.05) is 23.2 Å². The van der Waals surface area contributed by atoms with Crippen LogP contribution < -0.4 is 10.6 Å². The summed E-state index contributed by atoms with van der Waals surface area (Å²) in [5, 5.41) is 15.0. The summed E-state index contributed by atoms with van der Waals surface area (Å²) in [6.45, 7) is 11.4. The molecule has 0 atom stereocenters. The van der Waals surface area contributed by atoms with E-state index < -0.39 is 5.82 Å². The van der Waals surface area contributed by atoms with Crippen molar-refractivity contribution in [3.05, 3.63) is 57.7 Å². The monoisotopic (exact) mass is 368 g/mol. The lowest BCUT2D eigenvalue weighted by Gasteiger charge is -2.18. The minimum atomic E-state index is -0.595. The van der Waals surface area contributed by atoms with E-state index in [1.54, 1.807) is 12.1 Å². The highest BCUT2D eigenvalue weighted by molar-refractivity contribution is 5.98. The quantitative estimate of drug-likeness (QED) is 0.437. The lowest BCUT2D eigenvalue weighted by atomic mass is 10.0. The van der Waals surface area contributed by atoms with Crippen LogP contribution in [0, 0.1) is 17.1 Å². The number of nitrogens with one attached hydrogen (secondary N) is 2. The molecule has 1 aromatic carbocycles. The molecule has 1 amide bonds. The molecule has 1 fully saturated rings. The molecule has 5 nitrogen and oxygen atoms in total. The van der Waals surface area contributed by atoms with E-state index in [-0.39, 0.29) is 23.6 Å². The lowest BCUT2D eigenvalue weighted by molar-refractivity contribution is -0.117. The molecule has 2 N–H and O–H groups in total. The molecule has 0 spiro atoms. The Bertz CT molecular complexity index is 869. The number of hydrogen-bond donors (Lipinski definition) is 2. The molecule has 1 aliphatic carbocycles. The van der Waals surface area contributed by atoms with Crippen LogP contribution in [0.2, 0.25) is 0 Å². The highest BCUT2D eigenvalue weighted by atomic mass is 19.1. The van der Waals surface area contributed by atoms with Crippen LogP contribution in [0.5, 0.6) is 0 Å². The number of carbonyl (C=O) groups excluding carboxylic acids is 1. The third-order valence-electron chi connectivity index (χ3n) is 4.64. The van der Waals surface area contributed by atoms with Crippen LogP contribution in [0.15, 0.2) is 45.7 Å². The minimum Gasteiger partial charge on any atom is -0.365 e. The molecule has 1 aromatic rings. The molecule has 2 rings (SSSR count). The van der Waals surface area contributed by atoms with Gasteiger partial charge in [0.15, 0.2) is 0 Å². The Morgan fingerprint density at radius 3 is 2.52 bits per heavy atom. The fourth-order valence-corrected chi connectivity index (χ4v) is 2.77. The van der Waals surface area contributed by atoms with E-state index >= 15 is 0 Å². The molecule has 0 saturated heterocycles. The SMILES string of the molecule is C=N/C(NC1(C)CC1)=C(\C)C(C(=O)NCc1ccc(C#N)c(F)c1)=C(C)C. The Kier molecular flexibility index (Phi) is 6.17. The Morgan fingerprint density at radius 1 is 1.37 bits per heavy atom. The Morgan fingerprint density at radius 2 is 2.04 bits per heavy atom. The summed E-state index contributed by atoms with van der Waals surface area (Å²) in [4.78, 5) is 16.8. The summed E-state index contributed by atoms with van der Waals surface area (Å²) in [5.74, 6) is -0.255. The van der Waals surface area contributed by atoms with Crippen LogP contribution in [0.4, 0.5) is 4.39 Å². The van der Waals surface area contributed by atoms with E-state index in [1.807, 2.05) is 20.8 Å². The summed E-state index contributed by atoms with van der Waals surface area (Å²) in [5.41, 5.74) is 2.68. The van der Waals surface area contributed by atoms with E-state index in [1.165, 1.54) is 12.1 Å². The standard InChI is InChI=1S/C21H25FN4O/c1-13(2)18(14(3)19(24-5)26-21(4)8-9-21)20(27)25-12-15-6-7-16(11-23)17(22)10-15/h6-7,10,26H,5,8-9,12H2,1-4H3,(H,25,27)/b19-14-. The molecule has 0 aromatic heterocycles. The molecule has 27 heavy (non-hydrogen) atoms. The Labute approximate surface area is 159 Å². The van der Waals surface area contributed by atoms with Crippen molar-refractivity contribution in [2.75, 3.05) is 0 Å². The number of nitrogens with zero attached hydrogens (tertiary/aromatic N) is 2. The zero-order chi connectivity index (χ0) is 20.2. The molecular formula is C21H25FN4O. The van der Waals surface area contributed by atoms with Crippen molar-refractivity contribution in [3.63, 3.8) is 0 Å². The van der Waals surface area contributed by atoms with Crippen LogP contribution in [-0.2, 0) is 11.3 Å². The van der Waals surface area contributed by atoms with Gasteiger partial charge < -0.3 is 10.6 Å². The maximum Gasteiger partial charge on any atom is 0.251 e. The van der Waals surface area contributed by atoms with Gasteiger partial charge in [0.05, 0.1) is 5.56 Å². The minimum absolute atomic E-state index is 0.0149. The second-order valence-electron chi connectivity index (χ2n) is 7.30. The Balaban J connectivity index is 2.18. The van der Waals surface area contributed by atoms with Gasteiger partial charge in [-0.25, -0.2) is 9.38 Å². The number of halogens is 1. The largest absolute Gasteiger partial charge is 0.365 e. The zero-order valence-corrected chi connectivity index (χ0v) is 16.2. The van der Waals surface area contributed by atoms with Gasteiger partial charge in [-0.3, -0.25) is 4.79 Å². The third-order valence-corrected chi connectivity index (χ3v) is 4.64. The highest BCUT2D eigenvalue weighted by Gasteiger charge is 2.38. The van der Waals surface area contributed by atoms with E-state index in [0.717, 1.165) is 24.0 Å². The average molecular weight is 368 g/mol. The number of rotatable bonds is 7. The van der Waals surface area contributed by atoms with Crippen molar-refractivity contribution < 1.29 is 9.18 Å². The molecule has 1 aliphatic rings. The van der Waals surface area contributed by atoms with E-state index in [0.29, 0.717) is 17.0 Å². The van der Waals surface area contributed by atoms with Gasteiger partial charge >= 0.3 is 0 Å². The summed E-state index contributed by atoms with van der Waals surface area (Å²) in [6.07, 6.45) is 2.11. The van der Waals surface area contributed by atoms with Crippen LogP contribution in [0.25, 0.3) is 0 Å². The van der Waals surface area contributed by atoms with Crippen molar-refractivity contribution in [3.8, 4) is 6.07 Å². The predicted molar refractivity (Wildman–Crippen MR) is 104 cm³/mol. The fourth-order valence-electron chi connectivity index (χ4n) is 2.77. The number of nitriles is 1. The van der Waals surface area contributed by atoms with Crippen molar-refractivity contribution in [2.24, 2.45) is 4.99 Å².